The molecule has 0 unspecified atom stereocenters. The zero-order chi connectivity index (χ0) is 20.4. The third-order valence-corrected chi connectivity index (χ3v) is 5.65. The van der Waals surface area contributed by atoms with Crippen molar-refractivity contribution in [3.8, 4) is 5.75 Å². The Bertz CT molecular complexity index is 780. The predicted molar refractivity (Wildman–Crippen MR) is 125 cm³/mol. The second-order valence-electron chi connectivity index (χ2n) is 5.66. The molecule has 1 heterocycles. The van der Waals surface area contributed by atoms with Gasteiger partial charge in [0.25, 0.3) is 0 Å². The fourth-order valence-corrected chi connectivity index (χ4v) is 3.54. The first-order valence-electron chi connectivity index (χ1n) is 8.58. The topological polar surface area (TPSA) is 28.1 Å². The van der Waals surface area contributed by atoms with E-state index in [1.54, 1.807) is 43.3 Å². The summed E-state index contributed by atoms with van der Waals surface area (Å²) >= 11 is 9.51. The van der Waals surface area contributed by atoms with Crippen LogP contribution in [0.25, 0.3) is 6.08 Å². The Morgan fingerprint density at radius 1 is 1.07 bits per heavy atom. The van der Waals surface area contributed by atoms with E-state index < -0.39 is 0 Å². The second kappa shape index (κ2) is 14.2. The van der Waals surface area contributed by atoms with E-state index in [0.717, 1.165) is 35.7 Å². The summed E-state index contributed by atoms with van der Waals surface area (Å²) in [7, 11) is 1.63. The van der Waals surface area contributed by atoms with Gasteiger partial charge in [0.05, 0.1) is 12.8 Å². The molecule has 0 aromatic heterocycles. The van der Waals surface area contributed by atoms with Gasteiger partial charge in [-0.2, -0.15) is 12.2 Å². The molecule has 2 aromatic carbocycles. The van der Waals surface area contributed by atoms with Crippen LogP contribution in [-0.4, -0.2) is 47.5 Å². The molecule has 0 radical (unpaired) electrons. The van der Waals surface area contributed by atoms with E-state index in [4.69, 9.17) is 22.9 Å². The Hall–Kier alpha value is -0.817. The number of ether oxygens (including phenoxy) is 1. The summed E-state index contributed by atoms with van der Waals surface area (Å²) in [6, 6.07) is 13.0. The fraction of sp³-hybridized carbons (Fsp3) is 0.238. The van der Waals surface area contributed by atoms with Crippen LogP contribution in [0.5, 0.6) is 5.75 Å². The molecule has 0 saturated carbocycles. The predicted octanol–water partition coefficient (Wildman–Crippen LogP) is 5.82. The van der Waals surface area contributed by atoms with E-state index in [0.29, 0.717) is 5.02 Å². The number of methoxy groups -OCH3 is 1. The molecule has 0 bridgehead atoms. The third-order valence-electron chi connectivity index (χ3n) is 3.92. The number of halogens is 1. The van der Waals surface area contributed by atoms with Crippen molar-refractivity contribution >= 4 is 53.5 Å². The van der Waals surface area contributed by atoms with Gasteiger partial charge in [0.1, 0.15) is 5.75 Å². The average molecular weight is 535 g/mol. The Balaban J connectivity index is 0.000000355. The third kappa shape index (κ3) is 8.83. The molecule has 8 heteroatoms. The maximum atomic E-state index is 5.96. The van der Waals surface area contributed by atoms with Gasteiger partial charge in [-0.25, -0.2) is 6.08 Å². The van der Waals surface area contributed by atoms with E-state index in [2.05, 4.69) is 32.8 Å². The van der Waals surface area contributed by atoms with Crippen LogP contribution in [0.15, 0.2) is 47.5 Å². The number of rotatable bonds is 6. The molecule has 29 heavy (non-hydrogen) atoms. The van der Waals surface area contributed by atoms with E-state index in [-0.39, 0.29) is 19.5 Å². The van der Waals surface area contributed by atoms with Gasteiger partial charge in [0, 0.05) is 11.2 Å². The minimum Gasteiger partial charge on any atom is -0.497 e. The van der Waals surface area contributed by atoms with E-state index in [1.165, 1.54) is 6.08 Å². The number of aliphatic imine (C=N–C) groups is 1. The molecule has 4 nitrogen and oxygen atoms in total. The van der Waals surface area contributed by atoms with Crippen molar-refractivity contribution in [3.05, 3.63) is 71.9 Å². The molecule has 156 valence electrons. The Morgan fingerprint density at radius 2 is 1.69 bits per heavy atom. The first-order valence-corrected chi connectivity index (χ1v) is 11.3. The maximum absolute atomic E-state index is 5.96. The monoisotopic (exact) mass is 535 g/mol. The van der Waals surface area contributed by atoms with Crippen LogP contribution in [0.4, 0.5) is 5.69 Å². The molecule has 0 amide bonds. The summed E-state index contributed by atoms with van der Waals surface area (Å²) in [5, 5.41) is 0.654. The van der Waals surface area contributed by atoms with Crippen LogP contribution < -0.4 is 4.74 Å². The van der Waals surface area contributed by atoms with Crippen LogP contribution in [0.3, 0.4) is 0 Å². The van der Waals surface area contributed by atoms with Crippen molar-refractivity contribution in [1.82, 2.24) is 8.61 Å². The Morgan fingerprint density at radius 3 is 2.17 bits per heavy atom. The second-order valence-corrected chi connectivity index (χ2v) is 7.76. The van der Waals surface area contributed by atoms with Gasteiger partial charge >= 0.3 is 19.5 Å². The van der Waals surface area contributed by atoms with Crippen molar-refractivity contribution in [2.75, 3.05) is 32.7 Å². The van der Waals surface area contributed by atoms with Crippen molar-refractivity contribution in [2.24, 2.45) is 4.99 Å². The average Bonchev–Trinajstić information content (AvgIpc) is 3.21. The molecule has 0 N–H and O–H groups in total. The minimum atomic E-state index is 0. The van der Waals surface area contributed by atoms with Gasteiger partial charge in [-0.05, 0) is 49.9 Å². The smallest absolute Gasteiger partial charge is 0.497 e. The van der Waals surface area contributed by atoms with Crippen molar-refractivity contribution in [2.45, 2.75) is 0 Å². The van der Waals surface area contributed by atoms with E-state index in [9.17, 15) is 0 Å². The Labute approximate surface area is 200 Å². The summed E-state index contributed by atoms with van der Waals surface area (Å²) in [5.74, 6) is 0.803. The summed E-state index contributed by atoms with van der Waals surface area (Å²) in [5.41, 5.74) is 2.61. The van der Waals surface area contributed by atoms with E-state index in [1.807, 2.05) is 36.4 Å². The summed E-state index contributed by atoms with van der Waals surface area (Å²) in [4.78, 5) is 4.39. The molecule has 0 spiro atoms. The number of nitrogens with zero attached hydrogens (tertiary/aromatic N) is 3. The van der Waals surface area contributed by atoms with Gasteiger partial charge in [-0.1, -0.05) is 29.3 Å². The molecule has 0 atom stereocenters. The first kappa shape index (κ1) is 26.2. The Kier molecular flexibility index (Phi) is 12.9. The van der Waals surface area contributed by atoms with Crippen molar-refractivity contribution < 1.29 is 24.2 Å². The minimum absolute atomic E-state index is 0. The van der Waals surface area contributed by atoms with Crippen molar-refractivity contribution in [3.63, 3.8) is 0 Å². The number of hydrogen-bond donors (Lipinski definition) is 0. The maximum Gasteiger partial charge on any atom is 2.00 e. The first-order chi connectivity index (χ1) is 13.6. The zero-order valence-corrected chi connectivity index (χ0v) is 20.7. The summed E-state index contributed by atoms with van der Waals surface area (Å²) in [6.45, 7) is 10.0. The molecule has 1 aliphatic rings. The molecule has 1 saturated heterocycles. The largest absolute Gasteiger partial charge is 2.00 e. The molecular weight excluding hydrogens is 511 g/mol. The van der Waals surface area contributed by atoms with Crippen LogP contribution in [0.1, 0.15) is 11.1 Å². The van der Waals surface area contributed by atoms with Gasteiger partial charge in [0.15, 0.2) is 0 Å². The van der Waals surface area contributed by atoms with Crippen LogP contribution in [0.2, 0.25) is 5.02 Å². The molecule has 1 fully saturated rings. The van der Waals surface area contributed by atoms with Gasteiger partial charge in [-0.3, -0.25) is 11.6 Å². The quantitative estimate of drug-likeness (QED) is 0.201. The SMILES string of the molecule is CSN1[CH-]N(SC)CC1.[CH-]=Cc1ccc(Cl)cc1C=Nc1ccc(OC)cc1.[Ru+2]. The molecule has 0 aliphatic carbocycles. The van der Waals surface area contributed by atoms with Gasteiger partial charge in [-0.15, -0.1) is 30.0 Å². The summed E-state index contributed by atoms with van der Waals surface area (Å²) < 4.78 is 9.56. The standard InChI is InChI=1S/C16H13ClNO.C5H11N2S2.Ru/c1-3-12-4-5-14(17)10-13(12)11-18-15-6-8-16(19-2)9-7-15;1-8-6-3-4-7(5-6)9-2;/h1,3-11H,2H3;5H,3-4H2,1-2H3;/q2*-1;+2. The molecular formula is C21H24ClN3ORuS2. The normalized spacial score (nSPS) is 14.2. The van der Waals surface area contributed by atoms with Crippen LogP contribution in [0, 0.1) is 13.2 Å². The van der Waals surface area contributed by atoms with Crippen LogP contribution >= 0.6 is 35.5 Å². The van der Waals surface area contributed by atoms with E-state index >= 15 is 0 Å². The van der Waals surface area contributed by atoms with Crippen LogP contribution in [-0.2, 0) is 19.5 Å². The number of hydrogen-bond acceptors (Lipinski definition) is 6. The molecule has 3 rings (SSSR count). The molecule has 2 aromatic rings. The number of benzene rings is 2. The van der Waals surface area contributed by atoms with Gasteiger partial charge < -0.3 is 13.3 Å². The summed E-state index contributed by atoms with van der Waals surface area (Å²) in [6.07, 6.45) is 7.47. The molecule has 1 aliphatic heterocycles. The van der Waals surface area contributed by atoms with Gasteiger partial charge in [0.2, 0.25) is 0 Å². The van der Waals surface area contributed by atoms with Crippen molar-refractivity contribution in [1.29, 1.82) is 0 Å². The fourth-order valence-electron chi connectivity index (χ4n) is 2.35. The zero-order valence-electron chi connectivity index (χ0n) is 16.6.